The molecule has 0 spiro atoms. The maximum absolute atomic E-state index is 12.3. The van der Waals surface area contributed by atoms with E-state index in [-0.39, 0.29) is 0 Å². The third-order valence-corrected chi connectivity index (χ3v) is 4.23. The number of fused-ring (bicyclic) bond motifs is 1. The van der Waals surface area contributed by atoms with Gasteiger partial charge in [0.1, 0.15) is 0 Å². The lowest BCUT2D eigenvalue weighted by atomic mass is 10.2. The molecule has 2 heterocycles. The highest BCUT2D eigenvalue weighted by molar-refractivity contribution is 5.82. The standard InChI is InChI=1S/C17H28N6O2/c1-5-7-9-11-23-13-14(22(4)17(25)19-15(13)24)18-16(23)21-20-12(3)10-8-6-2/h5-11H2,1-4H3,(H,18,21)(H,19,24,25)/b20-12-. The van der Waals surface area contributed by atoms with Gasteiger partial charge in [0.25, 0.3) is 5.56 Å². The number of H-pyrrole nitrogens is 1. The minimum absolute atomic E-state index is 0.370. The zero-order chi connectivity index (χ0) is 18.4. The molecule has 0 radical (unpaired) electrons. The number of hydrazone groups is 1. The van der Waals surface area contributed by atoms with Crippen LogP contribution in [0.1, 0.15) is 59.3 Å². The number of hydrogen-bond acceptors (Lipinski definition) is 5. The number of aromatic amines is 1. The van der Waals surface area contributed by atoms with Gasteiger partial charge in [0.15, 0.2) is 11.2 Å². The predicted molar refractivity (Wildman–Crippen MR) is 101 cm³/mol. The summed E-state index contributed by atoms with van der Waals surface area (Å²) in [5, 5.41) is 4.38. The van der Waals surface area contributed by atoms with Gasteiger partial charge >= 0.3 is 5.69 Å². The number of nitrogens with zero attached hydrogens (tertiary/aromatic N) is 4. The molecule has 0 aliphatic rings. The van der Waals surface area contributed by atoms with Crippen molar-refractivity contribution < 1.29 is 0 Å². The molecule has 0 unspecified atom stereocenters. The number of unbranched alkanes of at least 4 members (excludes halogenated alkanes) is 3. The molecule has 138 valence electrons. The topological polar surface area (TPSA) is 97.1 Å². The molecule has 0 fully saturated rings. The summed E-state index contributed by atoms with van der Waals surface area (Å²) in [5.41, 5.74) is 3.86. The Morgan fingerprint density at radius 1 is 1.20 bits per heavy atom. The first kappa shape index (κ1) is 19.0. The molecule has 2 aromatic heterocycles. The van der Waals surface area contributed by atoms with Crippen molar-refractivity contribution in [3.05, 3.63) is 20.8 Å². The lowest BCUT2D eigenvalue weighted by molar-refractivity contribution is 0.615. The summed E-state index contributed by atoms with van der Waals surface area (Å²) in [6.45, 7) is 6.89. The van der Waals surface area contributed by atoms with E-state index in [1.807, 2.05) is 11.5 Å². The highest BCUT2D eigenvalue weighted by Crippen LogP contribution is 2.17. The Balaban J connectivity index is 2.45. The average Bonchev–Trinajstić information content (AvgIpc) is 2.95. The molecule has 0 amide bonds. The van der Waals surface area contributed by atoms with E-state index in [1.165, 1.54) is 4.57 Å². The van der Waals surface area contributed by atoms with Crippen LogP contribution in [0.15, 0.2) is 14.7 Å². The smallest absolute Gasteiger partial charge is 0.303 e. The highest BCUT2D eigenvalue weighted by Gasteiger charge is 2.16. The fraction of sp³-hybridized carbons (Fsp3) is 0.647. The van der Waals surface area contributed by atoms with Gasteiger partial charge in [0.2, 0.25) is 5.95 Å². The van der Waals surface area contributed by atoms with Gasteiger partial charge in [-0.15, -0.1) is 0 Å². The molecule has 0 saturated heterocycles. The van der Waals surface area contributed by atoms with E-state index < -0.39 is 11.2 Å². The lowest BCUT2D eigenvalue weighted by Gasteiger charge is -2.08. The van der Waals surface area contributed by atoms with Gasteiger partial charge in [-0.25, -0.2) is 10.2 Å². The number of nitrogens with one attached hydrogen (secondary N) is 2. The predicted octanol–water partition coefficient (Wildman–Crippen LogP) is 2.59. The maximum Gasteiger partial charge on any atom is 0.329 e. The van der Waals surface area contributed by atoms with Crippen LogP contribution in [0.25, 0.3) is 11.2 Å². The molecule has 25 heavy (non-hydrogen) atoms. The first-order valence-corrected chi connectivity index (χ1v) is 8.98. The Morgan fingerprint density at radius 2 is 1.92 bits per heavy atom. The van der Waals surface area contributed by atoms with Crippen molar-refractivity contribution in [3.63, 3.8) is 0 Å². The van der Waals surface area contributed by atoms with E-state index in [0.29, 0.717) is 23.7 Å². The summed E-state index contributed by atoms with van der Waals surface area (Å²) in [6, 6.07) is 0. The van der Waals surface area contributed by atoms with E-state index in [0.717, 1.165) is 44.2 Å². The molecule has 0 saturated carbocycles. The van der Waals surface area contributed by atoms with Crippen LogP contribution in [-0.4, -0.2) is 24.8 Å². The molecular weight excluding hydrogens is 320 g/mol. The molecule has 8 nitrogen and oxygen atoms in total. The fourth-order valence-electron chi connectivity index (χ4n) is 2.69. The van der Waals surface area contributed by atoms with Crippen molar-refractivity contribution in [1.82, 2.24) is 19.1 Å². The fourth-order valence-corrected chi connectivity index (χ4v) is 2.69. The van der Waals surface area contributed by atoms with Crippen LogP contribution in [0.3, 0.4) is 0 Å². The van der Waals surface area contributed by atoms with Gasteiger partial charge < -0.3 is 4.57 Å². The Bertz CT molecular complexity index is 858. The molecule has 0 atom stereocenters. The van der Waals surface area contributed by atoms with Gasteiger partial charge in [-0.3, -0.25) is 14.3 Å². The number of aromatic nitrogens is 4. The normalized spacial score (nSPS) is 12.1. The molecule has 0 aliphatic carbocycles. The molecule has 2 rings (SSSR count). The van der Waals surface area contributed by atoms with Crippen molar-refractivity contribution >= 4 is 22.8 Å². The monoisotopic (exact) mass is 348 g/mol. The summed E-state index contributed by atoms with van der Waals surface area (Å²) in [7, 11) is 1.60. The number of hydrogen-bond donors (Lipinski definition) is 2. The second kappa shape index (κ2) is 8.64. The maximum atomic E-state index is 12.3. The highest BCUT2D eigenvalue weighted by atomic mass is 16.2. The van der Waals surface area contributed by atoms with Crippen molar-refractivity contribution in [2.24, 2.45) is 12.1 Å². The number of imidazole rings is 1. The average molecular weight is 348 g/mol. The molecular formula is C17H28N6O2. The number of anilines is 1. The third-order valence-electron chi connectivity index (χ3n) is 4.23. The van der Waals surface area contributed by atoms with Gasteiger partial charge in [-0.05, 0) is 26.2 Å². The number of aryl methyl sites for hydroxylation is 2. The Kier molecular flexibility index (Phi) is 6.55. The van der Waals surface area contributed by atoms with Crippen LogP contribution in [-0.2, 0) is 13.6 Å². The van der Waals surface area contributed by atoms with E-state index in [9.17, 15) is 9.59 Å². The van der Waals surface area contributed by atoms with Crippen molar-refractivity contribution in [3.8, 4) is 0 Å². The van der Waals surface area contributed by atoms with Gasteiger partial charge in [0, 0.05) is 19.3 Å². The van der Waals surface area contributed by atoms with E-state index >= 15 is 0 Å². The van der Waals surface area contributed by atoms with Crippen molar-refractivity contribution in [2.45, 2.75) is 65.8 Å². The minimum atomic E-state index is -0.468. The van der Waals surface area contributed by atoms with Crippen LogP contribution in [0.4, 0.5) is 5.95 Å². The first-order valence-electron chi connectivity index (χ1n) is 8.98. The largest absolute Gasteiger partial charge is 0.329 e. The summed E-state index contributed by atoms with van der Waals surface area (Å²) >= 11 is 0. The molecule has 2 aromatic rings. The third kappa shape index (κ3) is 4.37. The summed E-state index contributed by atoms with van der Waals surface area (Å²) in [6.07, 6.45) is 6.17. The second-order valence-electron chi connectivity index (χ2n) is 6.35. The molecule has 0 aromatic carbocycles. The van der Waals surface area contributed by atoms with Crippen LogP contribution < -0.4 is 16.7 Å². The quantitative estimate of drug-likeness (QED) is 0.413. The van der Waals surface area contributed by atoms with Gasteiger partial charge in [-0.2, -0.15) is 10.1 Å². The van der Waals surface area contributed by atoms with E-state index in [2.05, 4.69) is 34.3 Å². The van der Waals surface area contributed by atoms with E-state index in [1.54, 1.807) is 7.05 Å². The molecule has 0 bridgehead atoms. The minimum Gasteiger partial charge on any atom is -0.303 e. The zero-order valence-corrected chi connectivity index (χ0v) is 15.6. The first-order chi connectivity index (χ1) is 12.0. The van der Waals surface area contributed by atoms with Gasteiger partial charge in [-0.1, -0.05) is 33.1 Å². The van der Waals surface area contributed by atoms with Crippen LogP contribution >= 0.6 is 0 Å². The van der Waals surface area contributed by atoms with E-state index in [4.69, 9.17) is 0 Å². The lowest BCUT2D eigenvalue weighted by Crippen LogP contribution is -2.29. The van der Waals surface area contributed by atoms with Crippen LogP contribution in [0, 0.1) is 0 Å². The molecule has 2 N–H and O–H groups in total. The zero-order valence-electron chi connectivity index (χ0n) is 15.6. The van der Waals surface area contributed by atoms with Crippen LogP contribution in [0.2, 0.25) is 0 Å². The summed E-state index contributed by atoms with van der Waals surface area (Å²) in [5.74, 6) is 0.494. The molecule has 0 aliphatic heterocycles. The second-order valence-corrected chi connectivity index (χ2v) is 6.35. The van der Waals surface area contributed by atoms with Crippen molar-refractivity contribution in [1.29, 1.82) is 0 Å². The van der Waals surface area contributed by atoms with Crippen LogP contribution in [0.5, 0.6) is 0 Å². The van der Waals surface area contributed by atoms with Gasteiger partial charge in [0.05, 0.1) is 0 Å². The summed E-state index contributed by atoms with van der Waals surface area (Å²) in [4.78, 5) is 30.9. The number of rotatable bonds is 9. The Morgan fingerprint density at radius 3 is 2.60 bits per heavy atom. The van der Waals surface area contributed by atoms with Crippen molar-refractivity contribution in [2.75, 3.05) is 5.43 Å². The SMILES string of the molecule is CCCCCn1c(N/N=C(/C)CCCC)nc2c1c(=O)[nH]c(=O)n2C. The molecule has 8 heteroatoms. The summed E-state index contributed by atoms with van der Waals surface area (Å²) < 4.78 is 3.17. The Labute approximate surface area is 147 Å². The Hall–Kier alpha value is -2.38.